The maximum absolute atomic E-state index is 5.32. The van der Waals surface area contributed by atoms with E-state index in [9.17, 15) is 0 Å². The fourth-order valence-corrected chi connectivity index (χ4v) is 1.99. The number of nitrogens with one attached hydrogen (secondary N) is 1. The van der Waals surface area contributed by atoms with Crippen LogP contribution < -0.4 is 16.2 Å². The van der Waals surface area contributed by atoms with Crippen molar-refractivity contribution in [2.24, 2.45) is 5.84 Å². The number of nitrogens with zero attached hydrogens (tertiary/aromatic N) is 2. The summed E-state index contributed by atoms with van der Waals surface area (Å²) in [6, 6.07) is 4.65. The van der Waals surface area contributed by atoms with E-state index < -0.39 is 0 Å². The molecule has 1 saturated heterocycles. The fraction of sp³-hybridized carbons (Fsp3) is 0.500. The van der Waals surface area contributed by atoms with Crippen molar-refractivity contribution in [1.82, 2.24) is 4.98 Å². The number of hydrogen-bond donors (Lipinski definition) is 2. The average Bonchev–Trinajstić information content (AvgIpc) is 2.65. The molecule has 0 amide bonds. The molecule has 4 nitrogen and oxygen atoms in total. The summed E-state index contributed by atoms with van der Waals surface area (Å²) in [6.07, 6.45) is 4.33. The highest BCUT2D eigenvalue weighted by Gasteiger charge is 2.20. The first-order valence-corrected chi connectivity index (χ1v) is 5.00. The van der Waals surface area contributed by atoms with Crippen molar-refractivity contribution in [2.75, 3.05) is 16.9 Å². The molecule has 1 fully saturated rings. The summed E-state index contributed by atoms with van der Waals surface area (Å²) in [4.78, 5) is 6.48. The fourth-order valence-electron chi connectivity index (χ4n) is 1.99. The highest BCUT2D eigenvalue weighted by Crippen LogP contribution is 2.25. The van der Waals surface area contributed by atoms with Crippen LogP contribution in [0.15, 0.2) is 18.3 Å². The molecule has 1 unspecified atom stereocenters. The topological polar surface area (TPSA) is 54.2 Å². The maximum atomic E-state index is 5.32. The number of nitrogens with two attached hydrogens (primary N) is 1. The average molecular weight is 192 g/mol. The highest BCUT2D eigenvalue weighted by molar-refractivity contribution is 5.54. The Bertz CT molecular complexity index is 313. The number of aromatic nitrogens is 1. The molecule has 1 aliphatic heterocycles. The number of nitrogen functional groups attached to an aromatic ring is 1. The first-order valence-electron chi connectivity index (χ1n) is 5.00. The zero-order valence-corrected chi connectivity index (χ0v) is 8.40. The number of anilines is 2. The largest absolute Gasteiger partial charge is 0.369 e. The van der Waals surface area contributed by atoms with Crippen LogP contribution in [-0.4, -0.2) is 17.6 Å². The Morgan fingerprint density at radius 1 is 1.64 bits per heavy atom. The Hall–Kier alpha value is -1.29. The van der Waals surface area contributed by atoms with Gasteiger partial charge in [-0.2, -0.15) is 0 Å². The van der Waals surface area contributed by atoms with Crippen LogP contribution in [0.5, 0.6) is 0 Å². The third-order valence-corrected chi connectivity index (χ3v) is 2.78. The van der Waals surface area contributed by atoms with Crippen LogP contribution in [0, 0.1) is 0 Å². The van der Waals surface area contributed by atoms with Gasteiger partial charge in [-0.15, -0.1) is 0 Å². The van der Waals surface area contributed by atoms with Gasteiger partial charge in [-0.3, -0.25) is 0 Å². The van der Waals surface area contributed by atoms with Crippen LogP contribution in [0.2, 0.25) is 0 Å². The number of rotatable bonds is 2. The molecule has 0 saturated carbocycles. The Morgan fingerprint density at radius 2 is 2.50 bits per heavy atom. The Morgan fingerprint density at radius 3 is 3.14 bits per heavy atom. The zero-order valence-electron chi connectivity index (χ0n) is 8.40. The van der Waals surface area contributed by atoms with Crippen molar-refractivity contribution in [3.8, 4) is 0 Å². The van der Waals surface area contributed by atoms with Gasteiger partial charge in [0.25, 0.3) is 0 Å². The highest BCUT2D eigenvalue weighted by atomic mass is 15.3. The van der Waals surface area contributed by atoms with E-state index in [0.29, 0.717) is 6.04 Å². The third kappa shape index (κ3) is 1.65. The molecule has 14 heavy (non-hydrogen) atoms. The molecule has 0 aromatic carbocycles. The van der Waals surface area contributed by atoms with E-state index in [0.717, 1.165) is 12.4 Å². The zero-order chi connectivity index (χ0) is 9.97. The minimum atomic E-state index is 0.628. The van der Waals surface area contributed by atoms with Gasteiger partial charge in [-0.1, -0.05) is 0 Å². The molecule has 2 heterocycles. The molecular weight excluding hydrogens is 176 g/mol. The van der Waals surface area contributed by atoms with Gasteiger partial charge < -0.3 is 10.3 Å². The summed E-state index contributed by atoms with van der Waals surface area (Å²) in [6.45, 7) is 3.39. The standard InChI is InChI=1S/C10H16N4/c1-8-3-2-6-14(8)9-4-5-12-10(7-9)13-11/h4-5,7-8H,2-3,6,11H2,1H3,(H,12,13). The van der Waals surface area contributed by atoms with Crippen molar-refractivity contribution in [3.63, 3.8) is 0 Å². The molecule has 0 aliphatic carbocycles. The van der Waals surface area contributed by atoms with Gasteiger partial charge in [0, 0.05) is 30.5 Å². The van der Waals surface area contributed by atoms with Crippen molar-refractivity contribution < 1.29 is 0 Å². The van der Waals surface area contributed by atoms with E-state index >= 15 is 0 Å². The molecule has 1 atom stereocenters. The molecule has 4 heteroatoms. The van der Waals surface area contributed by atoms with Crippen LogP contribution in [0.25, 0.3) is 0 Å². The molecular formula is C10H16N4. The smallest absolute Gasteiger partial charge is 0.141 e. The van der Waals surface area contributed by atoms with Crippen LogP contribution in [0.1, 0.15) is 19.8 Å². The number of hydrazine groups is 1. The predicted octanol–water partition coefficient (Wildman–Crippen LogP) is 1.36. The summed E-state index contributed by atoms with van der Waals surface area (Å²) >= 11 is 0. The molecule has 0 radical (unpaired) electrons. The molecule has 0 bridgehead atoms. The quantitative estimate of drug-likeness (QED) is 0.548. The first-order chi connectivity index (χ1) is 6.81. The van der Waals surface area contributed by atoms with Gasteiger partial charge >= 0.3 is 0 Å². The Kier molecular flexibility index (Phi) is 2.54. The maximum Gasteiger partial charge on any atom is 0.141 e. The van der Waals surface area contributed by atoms with Crippen LogP contribution in [-0.2, 0) is 0 Å². The van der Waals surface area contributed by atoms with Gasteiger partial charge in [0.15, 0.2) is 0 Å². The SMILES string of the molecule is CC1CCCN1c1ccnc(NN)c1. The second-order valence-electron chi connectivity index (χ2n) is 3.73. The summed E-state index contributed by atoms with van der Waals surface area (Å²) in [5.74, 6) is 6.04. The minimum absolute atomic E-state index is 0.628. The summed E-state index contributed by atoms with van der Waals surface area (Å²) in [5.41, 5.74) is 3.77. The molecule has 0 spiro atoms. The van der Waals surface area contributed by atoms with Crippen molar-refractivity contribution >= 4 is 11.5 Å². The van der Waals surface area contributed by atoms with Crippen LogP contribution in [0.4, 0.5) is 11.5 Å². The van der Waals surface area contributed by atoms with E-state index in [-0.39, 0.29) is 0 Å². The van der Waals surface area contributed by atoms with E-state index in [4.69, 9.17) is 5.84 Å². The second kappa shape index (κ2) is 3.84. The van der Waals surface area contributed by atoms with Gasteiger partial charge in [-0.05, 0) is 25.8 Å². The lowest BCUT2D eigenvalue weighted by atomic mass is 10.2. The summed E-state index contributed by atoms with van der Waals surface area (Å²) in [7, 11) is 0. The summed E-state index contributed by atoms with van der Waals surface area (Å²) < 4.78 is 0. The Balaban J connectivity index is 2.22. The summed E-state index contributed by atoms with van der Waals surface area (Å²) in [5, 5.41) is 0. The van der Waals surface area contributed by atoms with E-state index in [1.807, 2.05) is 12.1 Å². The lowest BCUT2D eigenvalue weighted by Gasteiger charge is -2.23. The normalized spacial score (nSPS) is 21.3. The molecule has 3 N–H and O–H groups in total. The molecule has 1 aliphatic rings. The first kappa shape index (κ1) is 9.27. The lowest BCUT2D eigenvalue weighted by Crippen LogP contribution is -2.26. The molecule has 1 aromatic rings. The number of hydrogen-bond acceptors (Lipinski definition) is 4. The molecule has 76 valence electrons. The second-order valence-corrected chi connectivity index (χ2v) is 3.73. The predicted molar refractivity (Wildman–Crippen MR) is 58.1 cm³/mol. The van der Waals surface area contributed by atoms with Gasteiger partial charge in [0.2, 0.25) is 0 Å². The Labute approximate surface area is 84.1 Å². The van der Waals surface area contributed by atoms with Crippen molar-refractivity contribution in [1.29, 1.82) is 0 Å². The van der Waals surface area contributed by atoms with E-state index in [2.05, 4.69) is 22.2 Å². The van der Waals surface area contributed by atoms with Gasteiger partial charge in [0.1, 0.15) is 5.82 Å². The van der Waals surface area contributed by atoms with E-state index in [1.165, 1.54) is 18.5 Å². The van der Waals surface area contributed by atoms with Gasteiger partial charge in [0.05, 0.1) is 0 Å². The van der Waals surface area contributed by atoms with E-state index in [1.54, 1.807) is 6.20 Å². The molecule has 2 rings (SSSR count). The number of pyridine rings is 1. The van der Waals surface area contributed by atoms with Crippen molar-refractivity contribution in [2.45, 2.75) is 25.8 Å². The third-order valence-electron chi connectivity index (χ3n) is 2.78. The molecule has 1 aromatic heterocycles. The van der Waals surface area contributed by atoms with Crippen molar-refractivity contribution in [3.05, 3.63) is 18.3 Å². The minimum Gasteiger partial charge on any atom is -0.369 e. The van der Waals surface area contributed by atoms with Gasteiger partial charge in [-0.25, -0.2) is 10.8 Å². The van der Waals surface area contributed by atoms with Crippen LogP contribution >= 0.6 is 0 Å². The lowest BCUT2D eigenvalue weighted by molar-refractivity contribution is 0.735. The monoisotopic (exact) mass is 192 g/mol. The van der Waals surface area contributed by atoms with Crippen LogP contribution in [0.3, 0.4) is 0 Å².